The maximum Gasteiger partial charge on any atom is 0.435 e. The standard InChI is InChI=1S/C22H15BrCl2F4N2O3/c1-10-4-11(2-3-14(10)18(32)7-13-8-19(23)31-33-13)17-9-21(34-30-17,22(27,28)29)12-5-15(24)20(26)16(25)6-12/h2-6,13H,7-9H2,1H3/t13?,21-/m0/s1. The third-order valence-electron chi connectivity index (χ3n) is 5.61. The average molecular weight is 582 g/mol. The van der Waals surface area contributed by atoms with Crippen molar-refractivity contribution in [1.82, 2.24) is 0 Å². The summed E-state index contributed by atoms with van der Waals surface area (Å²) in [6, 6.07) is 6.25. The van der Waals surface area contributed by atoms with Crippen LogP contribution in [-0.2, 0) is 15.3 Å². The molecule has 2 aliphatic rings. The number of aryl methyl sites for hydroxylation is 1. The van der Waals surface area contributed by atoms with E-state index < -0.39 is 39.6 Å². The molecule has 0 saturated heterocycles. The van der Waals surface area contributed by atoms with Crippen molar-refractivity contribution in [1.29, 1.82) is 0 Å². The first kappa shape index (κ1) is 24.9. The van der Waals surface area contributed by atoms with Gasteiger partial charge in [0.2, 0.25) is 0 Å². The van der Waals surface area contributed by atoms with Crippen LogP contribution in [0.3, 0.4) is 0 Å². The first-order chi connectivity index (χ1) is 15.9. The Morgan fingerprint density at radius 3 is 2.44 bits per heavy atom. The largest absolute Gasteiger partial charge is 0.435 e. The molecule has 0 saturated carbocycles. The zero-order chi connectivity index (χ0) is 24.8. The molecule has 0 N–H and O–H groups in total. The van der Waals surface area contributed by atoms with Gasteiger partial charge in [-0.15, -0.1) is 0 Å². The molecule has 5 nitrogen and oxygen atoms in total. The van der Waals surface area contributed by atoms with E-state index in [0.29, 0.717) is 27.7 Å². The summed E-state index contributed by atoms with van der Waals surface area (Å²) < 4.78 is 56.9. The SMILES string of the molecule is Cc1cc(C2=NO[C@@](c3cc(Cl)c(F)c(Cl)c3)(C(F)(F)F)C2)ccc1C(=O)CC1CC(Br)=NO1. The number of benzene rings is 2. The van der Waals surface area contributed by atoms with Crippen LogP contribution in [0, 0.1) is 12.7 Å². The Hall–Kier alpha value is -2.17. The topological polar surface area (TPSA) is 60.2 Å². The number of carbonyl (C=O) groups excluding carboxylic acids is 1. The van der Waals surface area contributed by atoms with E-state index in [4.69, 9.17) is 32.9 Å². The molecule has 34 heavy (non-hydrogen) atoms. The summed E-state index contributed by atoms with van der Waals surface area (Å²) in [5.41, 5.74) is -2.04. The lowest BCUT2D eigenvalue weighted by Gasteiger charge is -2.29. The van der Waals surface area contributed by atoms with Crippen molar-refractivity contribution in [2.24, 2.45) is 10.3 Å². The van der Waals surface area contributed by atoms with Crippen LogP contribution in [0.1, 0.15) is 46.3 Å². The van der Waals surface area contributed by atoms with Gasteiger partial charge >= 0.3 is 6.18 Å². The highest BCUT2D eigenvalue weighted by molar-refractivity contribution is 9.18. The number of alkyl halides is 3. The quantitative estimate of drug-likeness (QED) is 0.215. The molecule has 0 amide bonds. The Kier molecular flexibility index (Phi) is 6.69. The molecule has 0 radical (unpaired) electrons. The lowest BCUT2D eigenvalue weighted by atomic mass is 9.86. The van der Waals surface area contributed by atoms with E-state index in [-0.39, 0.29) is 24.0 Å². The van der Waals surface area contributed by atoms with E-state index in [9.17, 15) is 22.4 Å². The molecule has 0 aromatic heterocycles. The summed E-state index contributed by atoms with van der Waals surface area (Å²) >= 11 is 14.7. The highest BCUT2D eigenvalue weighted by Gasteiger charge is 2.62. The third kappa shape index (κ3) is 4.55. The number of Topliss-reactive ketones (excluding diaryl/α,β-unsaturated/α-hetero) is 1. The minimum atomic E-state index is -4.91. The van der Waals surface area contributed by atoms with Crippen molar-refractivity contribution in [3.05, 3.63) is 68.4 Å². The van der Waals surface area contributed by atoms with Gasteiger partial charge < -0.3 is 9.68 Å². The van der Waals surface area contributed by atoms with E-state index in [0.717, 1.165) is 12.1 Å². The summed E-state index contributed by atoms with van der Waals surface area (Å²) in [4.78, 5) is 22.8. The Balaban J connectivity index is 1.59. The maximum atomic E-state index is 14.2. The Bertz CT molecular complexity index is 1210. The van der Waals surface area contributed by atoms with E-state index >= 15 is 0 Å². The molecule has 2 heterocycles. The minimum Gasteiger partial charge on any atom is -0.391 e. The second-order valence-electron chi connectivity index (χ2n) is 7.94. The molecule has 2 aromatic rings. The third-order valence-corrected chi connectivity index (χ3v) is 6.62. The van der Waals surface area contributed by atoms with Crippen LogP contribution in [0.15, 0.2) is 40.6 Å². The molecular formula is C22H15BrCl2F4N2O3. The number of ketones is 1. The van der Waals surface area contributed by atoms with Crippen LogP contribution in [0.25, 0.3) is 0 Å². The Morgan fingerprint density at radius 1 is 1.21 bits per heavy atom. The molecule has 2 atom stereocenters. The van der Waals surface area contributed by atoms with Gasteiger partial charge in [-0.2, -0.15) is 13.2 Å². The number of nitrogens with zero attached hydrogens (tertiary/aromatic N) is 2. The first-order valence-corrected chi connectivity index (χ1v) is 11.5. The van der Waals surface area contributed by atoms with Gasteiger partial charge in [-0.25, -0.2) is 4.39 Å². The predicted octanol–water partition coefficient (Wildman–Crippen LogP) is 7.09. The van der Waals surface area contributed by atoms with Gasteiger partial charge in [0.05, 0.1) is 22.2 Å². The summed E-state index contributed by atoms with van der Waals surface area (Å²) in [7, 11) is 0. The average Bonchev–Trinajstić information content (AvgIpc) is 3.38. The number of hydrogen-bond acceptors (Lipinski definition) is 5. The van der Waals surface area contributed by atoms with Crippen LogP contribution in [0.2, 0.25) is 10.0 Å². The molecule has 0 aliphatic carbocycles. The van der Waals surface area contributed by atoms with Crippen molar-refractivity contribution < 1.29 is 32.0 Å². The lowest BCUT2D eigenvalue weighted by Crippen LogP contribution is -2.42. The number of rotatable bonds is 5. The summed E-state index contributed by atoms with van der Waals surface area (Å²) in [5, 5.41) is 6.30. The molecular weight excluding hydrogens is 567 g/mol. The Morgan fingerprint density at radius 2 is 1.88 bits per heavy atom. The normalized spacial score (nSPS) is 22.2. The van der Waals surface area contributed by atoms with Crippen molar-refractivity contribution in [2.45, 2.75) is 44.1 Å². The van der Waals surface area contributed by atoms with E-state index in [2.05, 4.69) is 26.2 Å². The molecule has 12 heteroatoms. The molecule has 4 rings (SSSR count). The van der Waals surface area contributed by atoms with Crippen molar-refractivity contribution in [2.75, 3.05) is 0 Å². The van der Waals surface area contributed by atoms with Crippen LogP contribution in [-0.4, -0.2) is 28.4 Å². The Labute approximate surface area is 209 Å². The van der Waals surface area contributed by atoms with Crippen LogP contribution in [0.4, 0.5) is 17.6 Å². The highest BCUT2D eigenvalue weighted by atomic mass is 79.9. The first-order valence-electron chi connectivity index (χ1n) is 9.90. The van der Waals surface area contributed by atoms with Gasteiger partial charge in [0.25, 0.3) is 5.60 Å². The molecule has 0 spiro atoms. The second kappa shape index (κ2) is 9.13. The van der Waals surface area contributed by atoms with Gasteiger partial charge in [0.15, 0.2) is 11.6 Å². The summed E-state index contributed by atoms with van der Waals surface area (Å²) in [6.45, 7) is 1.67. The zero-order valence-corrected chi connectivity index (χ0v) is 20.4. The second-order valence-corrected chi connectivity index (χ2v) is 9.67. The fourth-order valence-corrected chi connectivity index (χ4v) is 4.76. The van der Waals surface area contributed by atoms with E-state index in [1.807, 2.05) is 0 Å². The molecule has 0 fully saturated rings. The lowest BCUT2D eigenvalue weighted by molar-refractivity contribution is -0.275. The zero-order valence-electron chi connectivity index (χ0n) is 17.4. The fourth-order valence-electron chi connectivity index (χ4n) is 3.82. The fraction of sp³-hybridized carbons (Fsp3) is 0.318. The van der Waals surface area contributed by atoms with E-state index in [1.54, 1.807) is 13.0 Å². The van der Waals surface area contributed by atoms with Crippen molar-refractivity contribution >= 4 is 55.2 Å². The number of carbonyl (C=O) groups is 1. The maximum absolute atomic E-state index is 14.2. The summed E-state index contributed by atoms with van der Waals surface area (Å²) in [6.07, 6.45) is -5.40. The molecule has 2 aliphatic heterocycles. The van der Waals surface area contributed by atoms with E-state index in [1.165, 1.54) is 12.1 Å². The van der Waals surface area contributed by atoms with Crippen LogP contribution in [0.5, 0.6) is 0 Å². The van der Waals surface area contributed by atoms with Crippen LogP contribution >= 0.6 is 39.1 Å². The molecule has 0 bridgehead atoms. The van der Waals surface area contributed by atoms with Gasteiger partial charge in [0.1, 0.15) is 10.7 Å². The minimum absolute atomic E-state index is 0.00690. The monoisotopic (exact) mass is 580 g/mol. The van der Waals surface area contributed by atoms with Gasteiger partial charge in [0, 0.05) is 24.0 Å². The number of oxime groups is 2. The highest BCUT2D eigenvalue weighted by Crippen LogP contribution is 2.50. The van der Waals surface area contributed by atoms with Gasteiger partial charge in [-0.3, -0.25) is 4.79 Å². The smallest absolute Gasteiger partial charge is 0.391 e. The van der Waals surface area contributed by atoms with Gasteiger partial charge in [-0.1, -0.05) is 45.6 Å². The number of hydrogen-bond donors (Lipinski definition) is 0. The molecule has 2 aromatic carbocycles. The van der Waals surface area contributed by atoms with Crippen LogP contribution < -0.4 is 0 Å². The van der Waals surface area contributed by atoms with Gasteiger partial charge in [-0.05, 0) is 52.2 Å². The van der Waals surface area contributed by atoms with Crippen molar-refractivity contribution in [3.8, 4) is 0 Å². The summed E-state index contributed by atoms with van der Waals surface area (Å²) in [5.74, 6) is -1.21. The number of halogens is 7. The van der Waals surface area contributed by atoms with Crippen molar-refractivity contribution in [3.63, 3.8) is 0 Å². The predicted molar refractivity (Wildman–Crippen MR) is 122 cm³/mol. The molecule has 180 valence electrons. The molecule has 1 unspecified atom stereocenters.